The summed E-state index contributed by atoms with van der Waals surface area (Å²) >= 11 is 0. The number of carbonyl (C=O) groups is 1. The fourth-order valence-electron chi connectivity index (χ4n) is 5.78. The highest BCUT2D eigenvalue weighted by Crippen LogP contribution is 2.40. The number of rotatable bonds is 8. The fourth-order valence-corrected chi connectivity index (χ4v) is 5.78. The van der Waals surface area contributed by atoms with Gasteiger partial charge in [0.05, 0.1) is 32.0 Å². The Bertz CT molecular complexity index is 914. The predicted molar refractivity (Wildman–Crippen MR) is 141 cm³/mol. The Kier molecular flexibility index (Phi) is 8.05. The van der Waals surface area contributed by atoms with Crippen LogP contribution in [0.1, 0.15) is 41.6 Å². The zero-order valence-corrected chi connectivity index (χ0v) is 21.6. The highest BCUT2D eigenvalue weighted by molar-refractivity contribution is 6.02. The van der Waals surface area contributed by atoms with Gasteiger partial charge in [-0.2, -0.15) is 0 Å². The van der Waals surface area contributed by atoms with Crippen molar-refractivity contribution in [2.24, 2.45) is 5.41 Å². The van der Waals surface area contributed by atoms with Gasteiger partial charge < -0.3 is 35.3 Å². The van der Waals surface area contributed by atoms with Crippen molar-refractivity contribution in [2.45, 2.75) is 31.7 Å². The van der Waals surface area contributed by atoms with Gasteiger partial charge in [0.25, 0.3) is 5.91 Å². The molecule has 1 amide bonds. The van der Waals surface area contributed by atoms with E-state index in [1.165, 1.54) is 6.21 Å². The number of morpholine rings is 1. The molecular weight excluding hydrogens is 458 g/mol. The summed E-state index contributed by atoms with van der Waals surface area (Å²) in [6.07, 6.45) is 5.29. The largest absolute Gasteiger partial charge is 0.380 e. The van der Waals surface area contributed by atoms with Gasteiger partial charge in [-0.05, 0) is 31.7 Å². The van der Waals surface area contributed by atoms with Crippen molar-refractivity contribution in [3.05, 3.63) is 17.2 Å². The molecule has 5 rings (SSSR count). The Morgan fingerprint density at radius 2 is 1.75 bits per heavy atom. The van der Waals surface area contributed by atoms with E-state index in [2.05, 4.69) is 25.3 Å². The minimum Gasteiger partial charge on any atom is -0.380 e. The van der Waals surface area contributed by atoms with Crippen molar-refractivity contribution >= 4 is 23.8 Å². The number of nitrogens with one attached hydrogen (secondary N) is 3. The Morgan fingerprint density at radius 3 is 2.33 bits per heavy atom. The highest BCUT2D eigenvalue weighted by atomic mass is 16.5. The van der Waals surface area contributed by atoms with Crippen LogP contribution in [-0.2, 0) is 9.47 Å². The van der Waals surface area contributed by atoms with Gasteiger partial charge in [0.15, 0.2) is 0 Å². The molecule has 3 N–H and O–H groups in total. The van der Waals surface area contributed by atoms with E-state index in [0.717, 1.165) is 110 Å². The van der Waals surface area contributed by atoms with Crippen LogP contribution < -0.4 is 15.5 Å². The molecule has 0 aromatic carbocycles. The molecule has 0 atom stereocenters. The Labute approximate surface area is 214 Å². The summed E-state index contributed by atoms with van der Waals surface area (Å²) in [7, 11) is 1.81. The maximum absolute atomic E-state index is 13.5. The molecule has 10 heteroatoms. The van der Waals surface area contributed by atoms with E-state index < -0.39 is 0 Å². The normalized spacial score (nSPS) is 23.3. The molecule has 198 valence electrons. The van der Waals surface area contributed by atoms with Gasteiger partial charge in [-0.1, -0.05) is 0 Å². The van der Waals surface area contributed by atoms with Crippen molar-refractivity contribution in [1.82, 2.24) is 20.1 Å². The van der Waals surface area contributed by atoms with E-state index in [1.807, 2.05) is 13.1 Å². The van der Waals surface area contributed by atoms with Gasteiger partial charge in [-0.25, -0.2) is 4.98 Å². The average molecular weight is 500 g/mol. The van der Waals surface area contributed by atoms with Gasteiger partial charge in [0.2, 0.25) is 0 Å². The summed E-state index contributed by atoms with van der Waals surface area (Å²) in [4.78, 5) is 25.6. The first-order valence-corrected chi connectivity index (χ1v) is 13.5. The van der Waals surface area contributed by atoms with Crippen molar-refractivity contribution in [3.63, 3.8) is 0 Å². The summed E-state index contributed by atoms with van der Waals surface area (Å²) in [6.45, 7) is 11.3. The molecule has 4 fully saturated rings. The summed E-state index contributed by atoms with van der Waals surface area (Å²) in [5.74, 6) is 1.28. The second-order valence-electron chi connectivity index (χ2n) is 10.7. The average Bonchev–Trinajstić information content (AvgIpc) is 2.91. The number of hydrogen-bond donors (Lipinski definition) is 3. The summed E-state index contributed by atoms with van der Waals surface area (Å²) in [5, 5.41) is 14.2. The van der Waals surface area contributed by atoms with E-state index in [0.29, 0.717) is 22.4 Å². The third-order valence-corrected chi connectivity index (χ3v) is 8.37. The first kappa shape index (κ1) is 25.4. The van der Waals surface area contributed by atoms with E-state index >= 15 is 0 Å². The molecule has 4 aliphatic heterocycles. The lowest BCUT2D eigenvalue weighted by Crippen LogP contribution is -2.51. The molecule has 0 radical (unpaired) electrons. The monoisotopic (exact) mass is 499 g/mol. The predicted octanol–water partition coefficient (Wildman–Crippen LogP) is 1.26. The van der Waals surface area contributed by atoms with Crippen LogP contribution in [0.5, 0.6) is 0 Å². The minimum absolute atomic E-state index is 0.0812. The number of carbonyl (C=O) groups excluding carboxylic acids is 1. The first-order chi connectivity index (χ1) is 17.6. The van der Waals surface area contributed by atoms with Crippen LogP contribution in [-0.4, -0.2) is 119 Å². The number of hydrogen-bond acceptors (Lipinski definition) is 9. The summed E-state index contributed by atoms with van der Waals surface area (Å²) < 4.78 is 10.9. The Morgan fingerprint density at radius 1 is 1.08 bits per heavy atom. The first-order valence-electron chi connectivity index (χ1n) is 13.5. The van der Waals surface area contributed by atoms with E-state index in [1.54, 1.807) is 0 Å². The van der Waals surface area contributed by atoms with Crippen LogP contribution in [0.2, 0.25) is 0 Å². The smallest absolute Gasteiger partial charge is 0.255 e. The molecule has 10 nitrogen and oxygen atoms in total. The van der Waals surface area contributed by atoms with Crippen LogP contribution in [0.25, 0.3) is 0 Å². The lowest BCUT2D eigenvalue weighted by molar-refractivity contribution is -0.124. The van der Waals surface area contributed by atoms with E-state index in [9.17, 15) is 4.79 Å². The molecule has 5 heterocycles. The number of likely N-dealkylation sites (tertiary alicyclic amines) is 1. The standard InChI is InChI=1S/C26H41N7O3/c1-28-23-20(17-27)16-22(24(30-23)33-8-4-26(5-9-33)18-36-19-26)25(34)29-21-2-6-31(7-3-21)10-11-32-12-14-35-15-13-32/h16-17,21,27H,2-15,18-19H2,1H3,(H,28,30)(H,29,34). The van der Waals surface area contributed by atoms with Crippen LogP contribution in [0.4, 0.5) is 11.6 Å². The number of amides is 1. The van der Waals surface area contributed by atoms with Crippen LogP contribution in [0.15, 0.2) is 6.07 Å². The molecule has 1 aromatic rings. The van der Waals surface area contributed by atoms with E-state index in [4.69, 9.17) is 19.9 Å². The second kappa shape index (κ2) is 11.4. The zero-order valence-electron chi connectivity index (χ0n) is 21.6. The van der Waals surface area contributed by atoms with Crippen molar-refractivity contribution in [3.8, 4) is 0 Å². The Balaban J connectivity index is 1.20. The number of pyridine rings is 1. The molecular formula is C26H41N7O3. The number of nitrogens with zero attached hydrogens (tertiary/aromatic N) is 4. The lowest BCUT2D eigenvalue weighted by Gasteiger charge is -2.47. The number of aromatic nitrogens is 1. The number of ether oxygens (including phenoxy) is 2. The maximum atomic E-state index is 13.5. The molecule has 4 aliphatic rings. The van der Waals surface area contributed by atoms with E-state index in [-0.39, 0.29) is 11.9 Å². The molecule has 1 aromatic heterocycles. The van der Waals surface area contributed by atoms with Crippen LogP contribution in [0.3, 0.4) is 0 Å². The van der Waals surface area contributed by atoms with Gasteiger partial charge in [0, 0.05) is 82.6 Å². The minimum atomic E-state index is -0.0812. The molecule has 1 spiro atoms. The molecule has 0 saturated carbocycles. The van der Waals surface area contributed by atoms with Crippen molar-refractivity contribution < 1.29 is 14.3 Å². The van der Waals surface area contributed by atoms with Crippen molar-refractivity contribution in [1.29, 1.82) is 5.41 Å². The second-order valence-corrected chi connectivity index (χ2v) is 10.7. The molecule has 36 heavy (non-hydrogen) atoms. The van der Waals surface area contributed by atoms with Gasteiger partial charge in [0.1, 0.15) is 11.6 Å². The van der Waals surface area contributed by atoms with Crippen LogP contribution in [0, 0.1) is 10.8 Å². The topological polar surface area (TPSA) is 106 Å². The van der Waals surface area contributed by atoms with Crippen molar-refractivity contribution in [2.75, 3.05) is 96.0 Å². The molecule has 0 bridgehead atoms. The van der Waals surface area contributed by atoms with Gasteiger partial charge >= 0.3 is 0 Å². The van der Waals surface area contributed by atoms with Gasteiger partial charge in [-0.15, -0.1) is 0 Å². The molecule has 0 aliphatic carbocycles. The number of piperidine rings is 2. The molecule has 4 saturated heterocycles. The quantitative estimate of drug-likeness (QED) is 0.459. The lowest BCUT2D eigenvalue weighted by atomic mass is 9.77. The highest BCUT2D eigenvalue weighted by Gasteiger charge is 2.42. The maximum Gasteiger partial charge on any atom is 0.255 e. The third-order valence-electron chi connectivity index (χ3n) is 8.37. The van der Waals surface area contributed by atoms with Gasteiger partial charge in [-0.3, -0.25) is 9.69 Å². The number of anilines is 2. The third kappa shape index (κ3) is 5.66. The van der Waals surface area contributed by atoms with Crippen LogP contribution >= 0.6 is 0 Å². The SMILES string of the molecule is CNc1nc(N2CCC3(CC2)COC3)c(C(=O)NC2CCN(CCN3CCOCC3)CC2)cc1C=N. The fraction of sp³-hybridized carbons (Fsp3) is 0.731. The summed E-state index contributed by atoms with van der Waals surface area (Å²) in [6, 6.07) is 1.99. The zero-order chi connectivity index (χ0) is 25.0. The molecule has 0 unspecified atom stereocenters. The summed E-state index contributed by atoms with van der Waals surface area (Å²) in [5.41, 5.74) is 1.52. The Hall–Kier alpha value is -2.27.